The largest absolute Gasteiger partial charge is 0.457 e. The maximum Gasteiger partial charge on any atom is 0.156 e. The minimum atomic E-state index is -0.597. The van der Waals surface area contributed by atoms with Gasteiger partial charge in [-0.15, -0.1) is 0 Å². The van der Waals surface area contributed by atoms with E-state index in [1.165, 1.54) is 6.20 Å². The van der Waals surface area contributed by atoms with Crippen molar-refractivity contribution in [2.45, 2.75) is 6.67 Å². The first-order valence-corrected chi connectivity index (χ1v) is 7.01. The number of ether oxygens (including phenoxy) is 1. The number of anilines is 2. The van der Waals surface area contributed by atoms with Crippen molar-refractivity contribution in [2.24, 2.45) is 0 Å². The minimum Gasteiger partial charge on any atom is -0.457 e. The second kappa shape index (κ2) is 6.35. The number of imidazole rings is 1. The number of nitrogens with one attached hydrogen (secondary N) is 2. The maximum absolute atomic E-state index is 12.6. The lowest BCUT2D eigenvalue weighted by molar-refractivity contribution is 0.477. The summed E-state index contributed by atoms with van der Waals surface area (Å²) < 4.78 is 18.4. The van der Waals surface area contributed by atoms with Crippen LogP contribution < -0.4 is 15.8 Å². The zero-order chi connectivity index (χ0) is 16.2. The van der Waals surface area contributed by atoms with Crippen molar-refractivity contribution in [1.82, 2.24) is 15.0 Å². The van der Waals surface area contributed by atoms with Crippen LogP contribution in [0.1, 0.15) is 5.69 Å². The first kappa shape index (κ1) is 14.8. The molecule has 0 atom stereocenters. The van der Waals surface area contributed by atoms with Crippen molar-refractivity contribution < 1.29 is 9.13 Å². The van der Waals surface area contributed by atoms with Crippen molar-refractivity contribution in [3.8, 4) is 23.0 Å². The molecule has 4 N–H and O–H groups in total. The third-order valence-corrected chi connectivity index (χ3v) is 3.27. The molecule has 2 aromatic heterocycles. The van der Waals surface area contributed by atoms with E-state index >= 15 is 0 Å². The van der Waals surface area contributed by atoms with Gasteiger partial charge in [0.2, 0.25) is 0 Å². The summed E-state index contributed by atoms with van der Waals surface area (Å²) in [4.78, 5) is 11.2. The lowest BCUT2D eigenvalue weighted by Gasteiger charge is -2.09. The van der Waals surface area contributed by atoms with Crippen molar-refractivity contribution >= 4 is 11.4 Å². The number of aromatic amines is 1. The van der Waals surface area contributed by atoms with E-state index in [4.69, 9.17) is 10.5 Å². The smallest absolute Gasteiger partial charge is 0.156 e. The van der Waals surface area contributed by atoms with Gasteiger partial charge in [0, 0.05) is 25.4 Å². The van der Waals surface area contributed by atoms with Gasteiger partial charge in [-0.05, 0) is 18.2 Å². The lowest BCUT2D eigenvalue weighted by atomic mass is 10.2. The van der Waals surface area contributed by atoms with Crippen molar-refractivity contribution in [3.05, 3.63) is 48.4 Å². The molecule has 6 nitrogen and oxygen atoms in total. The predicted octanol–water partition coefficient (Wildman–Crippen LogP) is 3.36. The Balaban J connectivity index is 1.83. The van der Waals surface area contributed by atoms with Gasteiger partial charge in [0.25, 0.3) is 0 Å². The Morgan fingerprint density at radius 3 is 2.74 bits per heavy atom. The van der Waals surface area contributed by atoms with E-state index < -0.39 is 6.67 Å². The van der Waals surface area contributed by atoms with E-state index in [0.29, 0.717) is 34.4 Å². The van der Waals surface area contributed by atoms with E-state index in [2.05, 4.69) is 20.3 Å². The number of nitrogens with two attached hydrogens (primary N) is 1. The number of hydrogen-bond acceptors (Lipinski definition) is 5. The van der Waals surface area contributed by atoms with E-state index in [1.807, 2.05) is 12.1 Å². The molecular formula is C16H16FN5O. The molecule has 23 heavy (non-hydrogen) atoms. The number of alkyl halides is 1. The van der Waals surface area contributed by atoms with Crippen molar-refractivity contribution in [1.29, 1.82) is 0 Å². The highest BCUT2D eigenvalue weighted by Gasteiger charge is 2.07. The predicted molar refractivity (Wildman–Crippen MR) is 87.1 cm³/mol. The fourth-order valence-electron chi connectivity index (χ4n) is 2.13. The topological polar surface area (TPSA) is 88.8 Å². The first-order valence-electron chi connectivity index (χ1n) is 7.01. The summed E-state index contributed by atoms with van der Waals surface area (Å²) >= 11 is 0. The Kier molecular flexibility index (Phi) is 4.09. The average molecular weight is 313 g/mol. The van der Waals surface area contributed by atoms with Crippen LogP contribution in [0.4, 0.5) is 15.8 Å². The highest BCUT2D eigenvalue weighted by Crippen LogP contribution is 2.29. The van der Waals surface area contributed by atoms with Crippen LogP contribution in [0.15, 0.2) is 42.7 Å². The van der Waals surface area contributed by atoms with E-state index in [0.717, 1.165) is 5.69 Å². The highest BCUT2D eigenvalue weighted by molar-refractivity contribution is 5.68. The lowest BCUT2D eigenvalue weighted by Crippen LogP contribution is -1.96. The number of nitrogens with zero attached hydrogens (tertiary/aromatic N) is 2. The molecule has 0 radical (unpaired) electrons. The first-order chi connectivity index (χ1) is 11.2. The van der Waals surface area contributed by atoms with Gasteiger partial charge in [0.05, 0.1) is 23.3 Å². The van der Waals surface area contributed by atoms with Crippen molar-refractivity contribution in [2.75, 3.05) is 18.1 Å². The monoisotopic (exact) mass is 313 g/mol. The number of benzene rings is 1. The van der Waals surface area contributed by atoms with Gasteiger partial charge in [0.15, 0.2) is 5.82 Å². The Morgan fingerprint density at radius 2 is 2.04 bits per heavy atom. The molecule has 7 heteroatoms. The molecule has 3 aromatic rings. The highest BCUT2D eigenvalue weighted by atomic mass is 19.1. The molecule has 0 aliphatic carbocycles. The molecule has 1 aromatic carbocycles. The summed E-state index contributed by atoms with van der Waals surface area (Å²) in [5.74, 6) is 1.69. The number of H-pyrrole nitrogens is 1. The van der Waals surface area contributed by atoms with Crippen LogP contribution in [-0.2, 0) is 6.67 Å². The fourth-order valence-corrected chi connectivity index (χ4v) is 2.13. The maximum atomic E-state index is 12.6. The molecule has 0 fully saturated rings. The molecule has 118 valence electrons. The number of nitrogen functional groups attached to an aromatic ring is 1. The summed E-state index contributed by atoms with van der Waals surface area (Å²) in [6.45, 7) is -0.597. The van der Waals surface area contributed by atoms with E-state index in [-0.39, 0.29) is 0 Å². The average Bonchev–Trinajstić information content (AvgIpc) is 3.04. The molecule has 3 rings (SSSR count). The molecular weight excluding hydrogens is 297 g/mol. The molecule has 0 saturated heterocycles. The molecule has 0 unspecified atom stereocenters. The van der Waals surface area contributed by atoms with Crippen LogP contribution in [0.25, 0.3) is 11.5 Å². The number of pyridine rings is 1. The molecule has 0 spiro atoms. The Bertz CT molecular complexity index is 818. The molecule has 0 amide bonds. The van der Waals surface area contributed by atoms with Gasteiger partial charge in [-0.3, -0.25) is 4.98 Å². The third kappa shape index (κ3) is 3.23. The normalized spacial score (nSPS) is 10.5. The van der Waals surface area contributed by atoms with Gasteiger partial charge in [0.1, 0.15) is 23.9 Å². The standard InChI is InChI=1S/C16H16FN5O/c1-19-14-3-2-11(6-13(14)18)23-12-4-5-20-15(7-12)16-21-9-10(8-17)22-16/h2-7,9,19H,8,18H2,1H3,(H,21,22). The van der Waals surface area contributed by atoms with Gasteiger partial charge >= 0.3 is 0 Å². The van der Waals surface area contributed by atoms with Crippen LogP contribution in [0.3, 0.4) is 0 Å². The Morgan fingerprint density at radius 1 is 1.22 bits per heavy atom. The van der Waals surface area contributed by atoms with E-state index in [1.54, 1.807) is 31.4 Å². The van der Waals surface area contributed by atoms with Crippen LogP contribution in [0, 0.1) is 0 Å². The Hall–Kier alpha value is -3.09. The van der Waals surface area contributed by atoms with Gasteiger partial charge < -0.3 is 20.8 Å². The number of halogens is 1. The molecule has 0 aliphatic heterocycles. The van der Waals surface area contributed by atoms with Crippen LogP contribution in [-0.4, -0.2) is 22.0 Å². The molecule has 0 bridgehead atoms. The summed E-state index contributed by atoms with van der Waals surface area (Å²) in [7, 11) is 1.80. The second-order valence-electron chi connectivity index (χ2n) is 4.87. The number of aromatic nitrogens is 3. The zero-order valence-corrected chi connectivity index (χ0v) is 12.5. The minimum absolute atomic E-state index is 0.406. The van der Waals surface area contributed by atoms with Crippen LogP contribution >= 0.6 is 0 Å². The quantitative estimate of drug-likeness (QED) is 0.629. The van der Waals surface area contributed by atoms with Crippen LogP contribution in [0.2, 0.25) is 0 Å². The fraction of sp³-hybridized carbons (Fsp3) is 0.125. The Labute approximate surface area is 132 Å². The summed E-state index contributed by atoms with van der Waals surface area (Å²) in [5, 5.41) is 2.99. The van der Waals surface area contributed by atoms with Gasteiger partial charge in [-0.2, -0.15) is 0 Å². The van der Waals surface area contributed by atoms with Crippen LogP contribution in [0.5, 0.6) is 11.5 Å². The number of rotatable bonds is 5. The van der Waals surface area contributed by atoms with Crippen molar-refractivity contribution in [3.63, 3.8) is 0 Å². The van der Waals surface area contributed by atoms with Gasteiger partial charge in [-0.25, -0.2) is 9.37 Å². The second-order valence-corrected chi connectivity index (χ2v) is 4.87. The zero-order valence-electron chi connectivity index (χ0n) is 12.5. The third-order valence-electron chi connectivity index (χ3n) is 3.27. The summed E-state index contributed by atoms with van der Waals surface area (Å²) in [6.07, 6.45) is 3.05. The van der Waals surface area contributed by atoms with Gasteiger partial charge in [-0.1, -0.05) is 0 Å². The SMILES string of the molecule is CNc1ccc(Oc2ccnc(-c3ncc(CF)[nH]3)c2)cc1N. The summed E-state index contributed by atoms with van der Waals surface area (Å²) in [6, 6.07) is 8.84. The molecule has 0 aliphatic rings. The number of hydrogen-bond donors (Lipinski definition) is 3. The van der Waals surface area contributed by atoms with E-state index in [9.17, 15) is 4.39 Å². The molecule has 0 saturated carbocycles. The molecule has 2 heterocycles. The summed E-state index contributed by atoms with van der Waals surface area (Å²) in [5.41, 5.74) is 8.33.